The maximum atomic E-state index is 12.3. The second kappa shape index (κ2) is 9.36. The van der Waals surface area contributed by atoms with Crippen LogP contribution in [0.5, 0.6) is 0 Å². The molecule has 0 spiro atoms. The SMILES string of the molecule is CCc1ccccc1NC(=O)CNC(=O)c1ccc(NC(=O)c2ccco2)cc1. The first-order valence-electron chi connectivity index (χ1n) is 9.17. The van der Waals surface area contributed by atoms with E-state index in [0.29, 0.717) is 11.3 Å². The quantitative estimate of drug-likeness (QED) is 0.574. The molecule has 1 heterocycles. The number of para-hydroxylation sites is 1. The predicted octanol–water partition coefficient (Wildman–Crippen LogP) is 3.46. The zero-order valence-electron chi connectivity index (χ0n) is 15.9. The van der Waals surface area contributed by atoms with Crippen LogP contribution in [0.4, 0.5) is 11.4 Å². The van der Waals surface area contributed by atoms with E-state index >= 15 is 0 Å². The molecule has 29 heavy (non-hydrogen) atoms. The zero-order valence-corrected chi connectivity index (χ0v) is 15.9. The van der Waals surface area contributed by atoms with Crippen LogP contribution < -0.4 is 16.0 Å². The molecule has 0 aliphatic rings. The Morgan fingerprint density at radius 1 is 0.862 bits per heavy atom. The highest BCUT2D eigenvalue weighted by Crippen LogP contribution is 2.15. The Morgan fingerprint density at radius 2 is 1.62 bits per heavy atom. The summed E-state index contributed by atoms with van der Waals surface area (Å²) in [5.74, 6) is -0.867. The number of carbonyl (C=O) groups excluding carboxylic acids is 3. The van der Waals surface area contributed by atoms with Crippen molar-refractivity contribution in [3.05, 3.63) is 83.8 Å². The topological polar surface area (TPSA) is 100 Å². The van der Waals surface area contributed by atoms with E-state index in [0.717, 1.165) is 17.7 Å². The summed E-state index contributed by atoms with van der Waals surface area (Å²) in [5, 5.41) is 8.06. The third-order valence-electron chi connectivity index (χ3n) is 4.23. The minimum absolute atomic E-state index is 0.145. The van der Waals surface area contributed by atoms with Gasteiger partial charge in [0.05, 0.1) is 12.8 Å². The first-order chi connectivity index (χ1) is 14.1. The van der Waals surface area contributed by atoms with Gasteiger partial charge in [-0.05, 0) is 54.4 Å². The van der Waals surface area contributed by atoms with Gasteiger partial charge in [0.2, 0.25) is 5.91 Å². The van der Waals surface area contributed by atoms with Crippen molar-refractivity contribution in [3.63, 3.8) is 0 Å². The van der Waals surface area contributed by atoms with Gasteiger partial charge in [0.25, 0.3) is 11.8 Å². The summed E-state index contributed by atoms with van der Waals surface area (Å²) in [7, 11) is 0. The number of carbonyl (C=O) groups is 3. The van der Waals surface area contributed by atoms with E-state index in [9.17, 15) is 14.4 Å². The highest BCUT2D eigenvalue weighted by atomic mass is 16.3. The maximum absolute atomic E-state index is 12.3. The van der Waals surface area contributed by atoms with Crippen molar-refractivity contribution in [1.29, 1.82) is 0 Å². The lowest BCUT2D eigenvalue weighted by atomic mass is 10.1. The molecule has 0 saturated carbocycles. The van der Waals surface area contributed by atoms with Crippen molar-refractivity contribution >= 4 is 29.1 Å². The molecule has 148 valence electrons. The van der Waals surface area contributed by atoms with E-state index in [2.05, 4.69) is 16.0 Å². The summed E-state index contributed by atoms with van der Waals surface area (Å²) in [6.45, 7) is 1.86. The van der Waals surface area contributed by atoms with Gasteiger partial charge in [-0.25, -0.2) is 0 Å². The summed E-state index contributed by atoms with van der Waals surface area (Å²) >= 11 is 0. The Labute approximate surface area is 168 Å². The standard InChI is InChI=1S/C22H21N3O4/c1-2-15-6-3-4-7-18(15)25-20(26)14-23-21(27)16-9-11-17(12-10-16)24-22(28)19-8-5-13-29-19/h3-13H,2,14H2,1H3,(H,23,27)(H,24,28)(H,25,26). The van der Waals surface area contributed by atoms with Gasteiger partial charge < -0.3 is 20.4 Å². The minimum Gasteiger partial charge on any atom is -0.459 e. The van der Waals surface area contributed by atoms with Gasteiger partial charge in [-0.3, -0.25) is 14.4 Å². The van der Waals surface area contributed by atoms with Crippen LogP contribution in [-0.4, -0.2) is 24.3 Å². The molecule has 0 radical (unpaired) electrons. The van der Waals surface area contributed by atoms with E-state index in [1.165, 1.54) is 6.26 Å². The molecular formula is C22H21N3O4. The number of benzene rings is 2. The number of hydrogen-bond donors (Lipinski definition) is 3. The van der Waals surface area contributed by atoms with Crippen LogP contribution in [-0.2, 0) is 11.2 Å². The molecule has 3 amide bonds. The van der Waals surface area contributed by atoms with Gasteiger partial charge in [-0.1, -0.05) is 25.1 Å². The third-order valence-corrected chi connectivity index (χ3v) is 4.23. The molecule has 1 aromatic heterocycles. The van der Waals surface area contributed by atoms with Crippen molar-refractivity contribution < 1.29 is 18.8 Å². The molecule has 7 nitrogen and oxygen atoms in total. The Bertz CT molecular complexity index is 995. The largest absolute Gasteiger partial charge is 0.459 e. The molecule has 3 rings (SSSR count). The average molecular weight is 391 g/mol. The van der Waals surface area contributed by atoms with Crippen molar-refractivity contribution in [2.75, 3.05) is 17.2 Å². The Balaban J connectivity index is 1.51. The number of nitrogens with one attached hydrogen (secondary N) is 3. The number of furan rings is 1. The number of rotatable bonds is 7. The van der Waals surface area contributed by atoms with Gasteiger partial charge in [0, 0.05) is 16.9 Å². The summed E-state index contributed by atoms with van der Waals surface area (Å²) in [4.78, 5) is 36.3. The molecule has 0 unspecified atom stereocenters. The summed E-state index contributed by atoms with van der Waals surface area (Å²) in [6.07, 6.45) is 2.21. The van der Waals surface area contributed by atoms with Crippen LogP contribution >= 0.6 is 0 Å². The summed E-state index contributed by atoms with van der Waals surface area (Å²) < 4.78 is 5.03. The molecular weight excluding hydrogens is 370 g/mol. The van der Waals surface area contributed by atoms with E-state index in [-0.39, 0.29) is 30.0 Å². The number of anilines is 2. The van der Waals surface area contributed by atoms with E-state index in [1.807, 2.05) is 31.2 Å². The van der Waals surface area contributed by atoms with Gasteiger partial charge in [-0.15, -0.1) is 0 Å². The van der Waals surface area contributed by atoms with Crippen molar-refractivity contribution in [3.8, 4) is 0 Å². The lowest BCUT2D eigenvalue weighted by Crippen LogP contribution is -2.33. The zero-order chi connectivity index (χ0) is 20.6. The highest BCUT2D eigenvalue weighted by molar-refractivity contribution is 6.03. The molecule has 0 aliphatic carbocycles. The first-order valence-corrected chi connectivity index (χ1v) is 9.17. The molecule has 0 aliphatic heterocycles. The smallest absolute Gasteiger partial charge is 0.291 e. The molecule has 7 heteroatoms. The second-order valence-electron chi connectivity index (χ2n) is 6.25. The average Bonchev–Trinajstić information content (AvgIpc) is 3.28. The van der Waals surface area contributed by atoms with Crippen molar-refractivity contribution in [1.82, 2.24) is 5.32 Å². The summed E-state index contributed by atoms with van der Waals surface area (Å²) in [6, 6.07) is 17.1. The number of hydrogen-bond acceptors (Lipinski definition) is 4. The lowest BCUT2D eigenvalue weighted by molar-refractivity contribution is -0.115. The van der Waals surface area contributed by atoms with Gasteiger partial charge in [0.15, 0.2) is 5.76 Å². The van der Waals surface area contributed by atoms with Crippen LogP contribution in [0, 0.1) is 0 Å². The monoisotopic (exact) mass is 391 g/mol. The molecule has 0 bridgehead atoms. The van der Waals surface area contributed by atoms with E-state index in [1.54, 1.807) is 36.4 Å². The predicted molar refractivity (Wildman–Crippen MR) is 110 cm³/mol. The fourth-order valence-electron chi connectivity index (χ4n) is 2.71. The Hall–Kier alpha value is -3.87. The van der Waals surface area contributed by atoms with Crippen molar-refractivity contribution in [2.24, 2.45) is 0 Å². The Kier molecular flexibility index (Phi) is 6.42. The van der Waals surface area contributed by atoms with Crippen LogP contribution in [0.25, 0.3) is 0 Å². The van der Waals surface area contributed by atoms with Crippen LogP contribution in [0.2, 0.25) is 0 Å². The summed E-state index contributed by atoms with van der Waals surface area (Å²) in [5.41, 5.74) is 2.67. The number of aryl methyl sites for hydroxylation is 1. The van der Waals surface area contributed by atoms with Gasteiger partial charge in [0.1, 0.15) is 0 Å². The van der Waals surface area contributed by atoms with Crippen molar-refractivity contribution in [2.45, 2.75) is 13.3 Å². The Morgan fingerprint density at radius 3 is 2.31 bits per heavy atom. The third kappa shape index (κ3) is 5.32. The van der Waals surface area contributed by atoms with Crippen LogP contribution in [0.1, 0.15) is 33.4 Å². The second-order valence-corrected chi connectivity index (χ2v) is 6.25. The molecule has 0 atom stereocenters. The fourth-order valence-corrected chi connectivity index (χ4v) is 2.71. The van der Waals surface area contributed by atoms with E-state index < -0.39 is 0 Å². The highest BCUT2D eigenvalue weighted by Gasteiger charge is 2.11. The molecule has 0 saturated heterocycles. The first kappa shape index (κ1) is 19.9. The molecule has 0 fully saturated rings. The van der Waals surface area contributed by atoms with Crippen LogP contribution in [0.3, 0.4) is 0 Å². The molecule has 2 aromatic carbocycles. The normalized spacial score (nSPS) is 10.2. The number of amides is 3. The fraction of sp³-hybridized carbons (Fsp3) is 0.136. The van der Waals surface area contributed by atoms with Gasteiger partial charge >= 0.3 is 0 Å². The maximum Gasteiger partial charge on any atom is 0.291 e. The lowest BCUT2D eigenvalue weighted by Gasteiger charge is -2.10. The minimum atomic E-state index is -0.382. The molecule has 3 N–H and O–H groups in total. The van der Waals surface area contributed by atoms with Crippen LogP contribution in [0.15, 0.2) is 71.3 Å². The van der Waals surface area contributed by atoms with E-state index in [4.69, 9.17) is 4.42 Å². The van der Waals surface area contributed by atoms with Gasteiger partial charge in [-0.2, -0.15) is 0 Å². The molecule has 3 aromatic rings.